The summed E-state index contributed by atoms with van der Waals surface area (Å²) in [6.45, 7) is 2.26. The van der Waals surface area contributed by atoms with E-state index in [1.54, 1.807) is 12.1 Å². The monoisotopic (exact) mass is 490 g/mol. The van der Waals surface area contributed by atoms with E-state index in [0.717, 1.165) is 17.3 Å². The van der Waals surface area contributed by atoms with Crippen LogP contribution in [0.3, 0.4) is 0 Å². The summed E-state index contributed by atoms with van der Waals surface area (Å²) in [6, 6.07) is 13.2. The van der Waals surface area contributed by atoms with E-state index in [1.165, 1.54) is 13.2 Å². The van der Waals surface area contributed by atoms with Crippen molar-refractivity contribution in [3.63, 3.8) is 0 Å². The quantitative estimate of drug-likeness (QED) is 0.323. The summed E-state index contributed by atoms with van der Waals surface area (Å²) in [5.41, 5.74) is 1.63. The highest BCUT2D eigenvalue weighted by Crippen LogP contribution is 2.37. The van der Waals surface area contributed by atoms with E-state index < -0.39 is 5.97 Å². The van der Waals surface area contributed by atoms with E-state index in [1.807, 2.05) is 37.3 Å². The van der Waals surface area contributed by atoms with Crippen molar-refractivity contribution in [1.82, 2.24) is 10.2 Å². The molecule has 156 valence electrons. The van der Waals surface area contributed by atoms with Gasteiger partial charge in [-0.1, -0.05) is 53.2 Å². The summed E-state index contributed by atoms with van der Waals surface area (Å²) < 4.78 is 17.4. The number of hydrogen-bond acceptors (Lipinski definition) is 7. The number of aryl methyl sites for hydroxylation is 1. The van der Waals surface area contributed by atoms with Crippen molar-refractivity contribution < 1.29 is 23.8 Å². The number of nitrogens with zero attached hydrogens (tertiary/aromatic N) is 2. The Morgan fingerprint density at radius 3 is 2.63 bits per heavy atom. The predicted octanol–water partition coefficient (Wildman–Crippen LogP) is 5.20. The molecule has 0 fully saturated rings. The van der Waals surface area contributed by atoms with E-state index in [2.05, 4.69) is 26.1 Å². The van der Waals surface area contributed by atoms with Crippen molar-refractivity contribution in [1.29, 1.82) is 0 Å². The third-order valence-corrected chi connectivity index (χ3v) is 5.50. The number of halogens is 1. The molecule has 0 saturated heterocycles. The largest absolute Gasteiger partial charge is 0.493 e. The van der Waals surface area contributed by atoms with Crippen LogP contribution in [-0.4, -0.2) is 28.4 Å². The second-order valence-corrected chi connectivity index (χ2v) is 7.88. The molecule has 2 aromatic carbocycles. The summed E-state index contributed by atoms with van der Waals surface area (Å²) in [6.07, 6.45) is 2.09. The minimum Gasteiger partial charge on any atom is -0.493 e. The average Bonchev–Trinajstić information content (AvgIpc) is 3.21. The van der Waals surface area contributed by atoms with Crippen LogP contribution in [0.4, 0.5) is 0 Å². The molecule has 0 spiro atoms. The van der Waals surface area contributed by atoms with Gasteiger partial charge in [-0.2, -0.15) is 0 Å². The molecule has 7 nitrogen and oxygen atoms in total. The molecule has 30 heavy (non-hydrogen) atoms. The molecular formula is C21H19BrN2O5S. The molecule has 0 amide bonds. The highest BCUT2D eigenvalue weighted by molar-refractivity contribution is 9.10. The molecule has 3 rings (SSSR count). The number of rotatable bonds is 9. The maximum atomic E-state index is 11.7. The standard InChI is InChI=1S/C21H19BrN2O5S/c1-3-19-23-24-21(29-19)30-18(20(25)26)10-14-9-16(27-2)17(11-15(14)22)28-12-13-7-5-4-6-8-13/h4-11H,3,12H2,1-2H3,(H,25,26)/b18-10-. The van der Waals surface area contributed by atoms with Crippen LogP contribution in [0, 0.1) is 0 Å². The molecule has 0 aliphatic carbocycles. The molecule has 0 atom stereocenters. The minimum absolute atomic E-state index is 0.0296. The second kappa shape index (κ2) is 10.3. The Hall–Kier alpha value is -2.78. The highest BCUT2D eigenvalue weighted by Gasteiger charge is 2.17. The van der Waals surface area contributed by atoms with Crippen LogP contribution in [0.25, 0.3) is 6.08 Å². The molecule has 0 unspecified atom stereocenters. The second-order valence-electron chi connectivity index (χ2n) is 6.03. The highest BCUT2D eigenvalue weighted by atomic mass is 79.9. The number of hydrogen-bond donors (Lipinski definition) is 1. The molecule has 0 aliphatic heterocycles. The fraction of sp³-hybridized carbons (Fsp3) is 0.190. The van der Waals surface area contributed by atoms with Crippen LogP contribution in [-0.2, 0) is 17.8 Å². The van der Waals surface area contributed by atoms with Gasteiger partial charge in [0.15, 0.2) is 11.5 Å². The van der Waals surface area contributed by atoms with Crippen LogP contribution < -0.4 is 9.47 Å². The van der Waals surface area contributed by atoms with Gasteiger partial charge in [0, 0.05) is 10.9 Å². The predicted molar refractivity (Wildman–Crippen MR) is 117 cm³/mol. The van der Waals surface area contributed by atoms with E-state index in [9.17, 15) is 9.90 Å². The molecular weight excluding hydrogens is 472 g/mol. The first-order valence-corrected chi connectivity index (χ1v) is 10.6. The van der Waals surface area contributed by atoms with Crippen molar-refractivity contribution in [2.24, 2.45) is 0 Å². The number of carboxylic acids is 1. The average molecular weight is 491 g/mol. The summed E-state index contributed by atoms with van der Waals surface area (Å²) in [7, 11) is 1.53. The van der Waals surface area contributed by atoms with Gasteiger partial charge in [-0.25, -0.2) is 4.79 Å². The summed E-state index contributed by atoms with van der Waals surface area (Å²) >= 11 is 4.37. The topological polar surface area (TPSA) is 94.7 Å². The third-order valence-electron chi connectivity index (χ3n) is 3.97. The smallest absolute Gasteiger partial charge is 0.342 e. The van der Waals surface area contributed by atoms with E-state index in [-0.39, 0.29) is 10.1 Å². The Bertz CT molecular complexity index is 1050. The zero-order valence-electron chi connectivity index (χ0n) is 16.3. The van der Waals surface area contributed by atoms with Gasteiger partial charge >= 0.3 is 5.97 Å². The normalized spacial score (nSPS) is 11.4. The summed E-state index contributed by atoms with van der Waals surface area (Å²) in [4.78, 5) is 11.8. The molecule has 0 radical (unpaired) electrons. The van der Waals surface area contributed by atoms with Crippen LogP contribution in [0.5, 0.6) is 11.5 Å². The number of carboxylic acid groups (broad SMARTS) is 1. The molecule has 9 heteroatoms. The molecule has 1 heterocycles. The number of thioether (sulfide) groups is 1. The lowest BCUT2D eigenvalue weighted by Gasteiger charge is -2.13. The van der Waals surface area contributed by atoms with E-state index >= 15 is 0 Å². The number of aromatic nitrogens is 2. The number of benzene rings is 2. The first-order valence-electron chi connectivity index (χ1n) is 8.99. The van der Waals surface area contributed by atoms with Crippen molar-refractivity contribution in [3.8, 4) is 11.5 Å². The fourth-order valence-electron chi connectivity index (χ4n) is 2.46. The minimum atomic E-state index is -1.11. The van der Waals surface area contributed by atoms with Crippen LogP contribution in [0.1, 0.15) is 23.9 Å². The lowest BCUT2D eigenvalue weighted by atomic mass is 10.2. The molecule has 0 bridgehead atoms. The Morgan fingerprint density at radius 1 is 1.23 bits per heavy atom. The van der Waals surface area contributed by atoms with E-state index in [4.69, 9.17) is 13.9 Å². The van der Waals surface area contributed by atoms with Crippen LogP contribution in [0.15, 0.2) is 61.5 Å². The molecule has 1 N–H and O–H groups in total. The SMILES string of the molecule is CCc1nnc(S/C(=C\c2cc(OC)c(OCc3ccccc3)cc2Br)C(=O)O)o1. The molecule has 0 saturated carbocycles. The van der Waals surface area contributed by atoms with Gasteiger partial charge in [-0.3, -0.25) is 0 Å². The Kier molecular flexibility index (Phi) is 7.53. The van der Waals surface area contributed by atoms with E-state index in [0.29, 0.717) is 40.5 Å². The Balaban J connectivity index is 1.85. The van der Waals surface area contributed by atoms with Crippen LogP contribution in [0.2, 0.25) is 0 Å². The van der Waals surface area contributed by atoms with Gasteiger partial charge in [-0.15, -0.1) is 10.2 Å². The van der Waals surface area contributed by atoms with Gasteiger partial charge in [0.1, 0.15) is 11.5 Å². The van der Waals surface area contributed by atoms with Gasteiger partial charge in [0.05, 0.1) is 7.11 Å². The fourth-order valence-corrected chi connectivity index (χ4v) is 3.58. The van der Waals surface area contributed by atoms with Crippen molar-refractivity contribution >= 4 is 39.7 Å². The van der Waals surface area contributed by atoms with Crippen molar-refractivity contribution in [2.45, 2.75) is 25.2 Å². The number of methoxy groups -OCH3 is 1. The molecule has 0 aliphatic rings. The zero-order chi connectivity index (χ0) is 21.5. The third kappa shape index (κ3) is 5.64. The van der Waals surface area contributed by atoms with Crippen molar-refractivity contribution in [2.75, 3.05) is 7.11 Å². The maximum absolute atomic E-state index is 11.7. The number of ether oxygens (including phenoxy) is 2. The van der Waals surface area contributed by atoms with Gasteiger partial charge in [0.2, 0.25) is 5.89 Å². The summed E-state index contributed by atoms with van der Waals surface area (Å²) in [5, 5.41) is 17.5. The number of aliphatic carboxylic acids is 1. The lowest BCUT2D eigenvalue weighted by Crippen LogP contribution is -1.99. The first kappa shape index (κ1) is 21.9. The zero-order valence-corrected chi connectivity index (χ0v) is 18.7. The van der Waals surface area contributed by atoms with Gasteiger partial charge in [0.25, 0.3) is 5.22 Å². The maximum Gasteiger partial charge on any atom is 0.342 e. The molecule has 3 aromatic rings. The molecule has 1 aromatic heterocycles. The van der Waals surface area contributed by atoms with Gasteiger partial charge in [-0.05, 0) is 41.1 Å². The van der Waals surface area contributed by atoms with Crippen molar-refractivity contribution in [3.05, 3.63) is 68.9 Å². The number of carbonyl (C=O) groups is 1. The lowest BCUT2D eigenvalue weighted by molar-refractivity contribution is -0.131. The first-order chi connectivity index (χ1) is 14.5. The van der Waals surface area contributed by atoms with Gasteiger partial charge < -0.3 is 19.0 Å². The Labute approximate surface area is 186 Å². The van der Waals surface area contributed by atoms with Crippen LogP contribution >= 0.6 is 27.7 Å². The summed E-state index contributed by atoms with van der Waals surface area (Å²) in [5.74, 6) is 0.372. The Morgan fingerprint density at radius 2 is 2.00 bits per heavy atom.